The molecule has 0 saturated heterocycles. The van der Waals surface area contributed by atoms with Crippen molar-refractivity contribution < 1.29 is 8.42 Å². The summed E-state index contributed by atoms with van der Waals surface area (Å²) in [5.74, 6) is 0. The molecule has 104 valence electrons. The lowest BCUT2D eigenvalue weighted by Crippen LogP contribution is -2.14. The van der Waals surface area contributed by atoms with E-state index in [1.54, 1.807) is 12.1 Å². The average molecular weight is 288 g/mol. The molecule has 0 aliphatic carbocycles. The van der Waals surface area contributed by atoms with E-state index in [1.165, 1.54) is 17.5 Å². The number of anilines is 3. The Labute approximate surface area is 118 Å². The van der Waals surface area contributed by atoms with E-state index in [9.17, 15) is 8.42 Å². The van der Waals surface area contributed by atoms with Crippen LogP contribution in [-0.4, -0.2) is 21.2 Å². The maximum atomic E-state index is 11.6. The molecule has 0 aromatic heterocycles. The Bertz CT molecular complexity index is 769. The van der Waals surface area contributed by atoms with Crippen molar-refractivity contribution in [1.82, 2.24) is 0 Å². The molecule has 0 radical (unpaired) electrons. The Morgan fingerprint density at radius 1 is 1.15 bits per heavy atom. The van der Waals surface area contributed by atoms with Gasteiger partial charge in [-0.3, -0.25) is 0 Å². The van der Waals surface area contributed by atoms with Crippen LogP contribution in [-0.2, 0) is 16.3 Å². The molecule has 1 aliphatic rings. The molecular formula is C15H16N2O2S. The van der Waals surface area contributed by atoms with E-state index in [1.807, 2.05) is 18.2 Å². The number of hydrogen-bond donors (Lipinski definition) is 1. The lowest BCUT2D eigenvalue weighted by Gasteiger charge is -2.20. The molecule has 1 heterocycles. The maximum absolute atomic E-state index is 11.6. The molecular weight excluding hydrogens is 272 g/mol. The predicted octanol–water partition coefficient (Wildman–Crippen LogP) is 2.37. The summed E-state index contributed by atoms with van der Waals surface area (Å²) < 4.78 is 23.2. The van der Waals surface area contributed by atoms with Crippen LogP contribution in [0, 0.1) is 0 Å². The number of nitrogens with zero attached hydrogens (tertiary/aromatic N) is 1. The summed E-state index contributed by atoms with van der Waals surface area (Å²) in [4.78, 5) is 2.35. The summed E-state index contributed by atoms with van der Waals surface area (Å²) in [6, 6.07) is 13.4. The molecule has 0 amide bonds. The summed E-state index contributed by atoms with van der Waals surface area (Å²) in [7, 11) is -3.28. The van der Waals surface area contributed by atoms with Gasteiger partial charge in [-0.2, -0.15) is 0 Å². The fraction of sp³-hybridized carbons (Fsp3) is 0.200. The van der Waals surface area contributed by atoms with Crippen molar-refractivity contribution in [3.05, 3.63) is 48.0 Å². The Kier molecular flexibility index (Phi) is 2.94. The highest BCUT2D eigenvalue weighted by Gasteiger charge is 2.21. The minimum atomic E-state index is -3.28. The van der Waals surface area contributed by atoms with Crippen molar-refractivity contribution in [2.24, 2.45) is 0 Å². The molecule has 0 atom stereocenters. The topological polar surface area (TPSA) is 63.4 Å². The van der Waals surface area contributed by atoms with Gasteiger partial charge in [0.1, 0.15) is 0 Å². The van der Waals surface area contributed by atoms with Crippen molar-refractivity contribution in [2.75, 3.05) is 23.4 Å². The second kappa shape index (κ2) is 4.52. The number of nitrogen functional groups attached to an aromatic ring is 1. The molecule has 0 spiro atoms. The van der Waals surface area contributed by atoms with Crippen molar-refractivity contribution in [1.29, 1.82) is 0 Å². The third-order valence-electron chi connectivity index (χ3n) is 3.59. The van der Waals surface area contributed by atoms with E-state index < -0.39 is 9.84 Å². The highest BCUT2D eigenvalue weighted by molar-refractivity contribution is 7.90. The fourth-order valence-electron chi connectivity index (χ4n) is 2.65. The SMILES string of the molecule is CS(=O)(=O)c1ccc(N2CCc3ccccc32)cc1N. The number of rotatable bonds is 2. The summed E-state index contributed by atoms with van der Waals surface area (Å²) in [5.41, 5.74) is 9.59. The summed E-state index contributed by atoms with van der Waals surface area (Å²) >= 11 is 0. The Balaban J connectivity index is 2.04. The van der Waals surface area contributed by atoms with Crippen molar-refractivity contribution in [3.63, 3.8) is 0 Å². The van der Waals surface area contributed by atoms with Gasteiger partial charge in [-0.15, -0.1) is 0 Å². The molecule has 20 heavy (non-hydrogen) atoms. The highest BCUT2D eigenvalue weighted by Crippen LogP contribution is 2.36. The summed E-state index contributed by atoms with van der Waals surface area (Å²) in [5, 5.41) is 0. The standard InChI is InChI=1S/C15H16N2O2S/c1-20(18,19)15-7-6-12(10-13(15)16)17-9-8-11-4-2-3-5-14(11)17/h2-7,10H,8-9,16H2,1H3. The Hall–Kier alpha value is -2.01. The van der Waals surface area contributed by atoms with Crippen LogP contribution in [0.25, 0.3) is 0 Å². The lowest BCUT2D eigenvalue weighted by molar-refractivity contribution is 0.602. The first-order chi connectivity index (χ1) is 9.47. The number of hydrogen-bond acceptors (Lipinski definition) is 4. The van der Waals surface area contributed by atoms with Crippen LogP contribution in [0.4, 0.5) is 17.1 Å². The first kappa shape index (κ1) is 13.0. The number of benzene rings is 2. The Morgan fingerprint density at radius 2 is 1.90 bits per heavy atom. The minimum absolute atomic E-state index is 0.189. The summed E-state index contributed by atoms with van der Waals surface area (Å²) in [6.45, 7) is 0.886. The second-order valence-electron chi connectivity index (χ2n) is 5.02. The van der Waals surface area contributed by atoms with Crippen LogP contribution in [0.2, 0.25) is 0 Å². The van der Waals surface area contributed by atoms with Crippen molar-refractivity contribution in [3.8, 4) is 0 Å². The van der Waals surface area contributed by atoms with Crippen LogP contribution in [0.1, 0.15) is 5.56 Å². The van der Waals surface area contributed by atoms with Gasteiger partial charge in [-0.25, -0.2) is 8.42 Å². The largest absolute Gasteiger partial charge is 0.398 e. The van der Waals surface area contributed by atoms with Crippen molar-refractivity contribution >= 4 is 26.9 Å². The molecule has 2 aromatic rings. The third-order valence-corrected chi connectivity index (χ3v) is 4.76. The van der Waals surface area contributed by atoms with E-state index in [0.717, 1.165) is 18.7 Å². The van der Waals surface area contributed by atoms with Crippen LogP contribution in [0.15, 0.2) is 47.4 Å². The second-order valence-corrected chi connectivity index (χ2v) is 7.01. The first-order valence-electron chi connectivity index (χ1n) is 6.42. The van der Waals surface area contributed by atoms with Gasteiger partial charge in [0.05, 0.1) is 10.6 Å². The number of sulfone groups is 1. The molecule has 0 bridgehead atoms. The van der Waals surface area contributed by atoms with Crippen LogP contribution in [0.5, 0.6) is 0 Å². The van der Waals surface area contributed by atoms with E-state index >= 15 is 0 Å². The highest BCUT2D eigenvalue weighted by atomic mass is 32.2. The number of nitrogens with two attached hydrogens (primary N) is 1. The van der Waals surface area contributed by atoms with Gasteiger partial charge in [0, 0.05) is 24.2 Å². The summed E-state index contributed by atoms with van der Waals surface area (Å²) in [6.07, 6.45) is 2.16. The van der Waals surface area contributed by atoms with Gasteiger partial charge in [0.2, 0.25) is 0 Å². The zero-order valence-corrected chi connectivity index (χ0v) is 12.0. The number of fused-ring (bicyclic) bond motifs is 1. The zero-order valence-electron chi connectivity index (χ0n) is 11.2. The molecule has 2 aromatic carbocycles. The Morgan fingerprint density at radius 3 is 2.60 bits per heavy atom. The molecule has 4 nitrogen and oxygen atoms in total. The third kappa shape index (κ3) is 2.14. The molecule has 0 unspecified atom stereocenters. The average Bonchev–Trinajstić information content (AvgIpc) is 2.80. The van der Waals surface area contributed by atoms with Gasteiger partial charge >= 0.3 is 0 Å². The molecule has 0 saturated carbocycles. The van der Waals surface area contributed by atoms with Gasteiger partial charge in [0.25, 0.3) is 0 Å². The number of para-hydroxylation sites is 1. The maximum Gasteiger partial charge on any atom is 0.177 e. The van der Waals surface area contributed by atoms with Gasteiger partial charge < -0.3 is 10.6 Å². The monoisotopic (exact) mass is 288 g/mol. The van der Waals surface area contributed by atoms with Gasteiger partial charge in [-0.1, -0.05) is 18.2 Å². The normalized spacial score (nSPS) is 14.3. The quantitative estimate of drug-likeness (QED) is 0.862. The van der Waals surface area contributed by atoms with Crippen LogP contribution >= 0.6 is 0 Å². The minimum Gasteiger partial charge on any atom is -0.398 e. The van der Waals surface area contributed by atoms with E-state index in [2.05, 4.69) is 17.0 Å². The lowest BCUT2D eigenvalue weighted by atomic mass is 10.2. The molecule has 3 rings (SSSR count). The van der Waals surface area contributed by atoms with Gasteiger partial charge in [-0.05, 0) is 36.2 Å². The van der Waals surface area contributed by atoms with Crippen molar-refractivity contribution in [2.45, 2.75) is 11.3 Å². The molecule has 1 aliphatic heterocycles. The van der Waals surface area contributed by atoms with Gasteiger partial charge in [0.15, 0.2) is 9.84 Å². The molecule has 0 fully saturated rings. The van der Waals surface area contributed by atoms with Crippen LogP contribution in [0.3, 0.4) is 0 Å². The predicted molar refractivity (Wildman–Crippen MR) is 81.1 cm³/mol. The zero-order chi connectivity index (χ0) is 14.3. The fourth-order valence-corrected chi connectivity index (χ4v) is 3.45. The smallest absolute Gasteiger partial charge is 0.177 e. The molecule has 2 N–H and O–H groups in total. The van der Waals surface area contributed by atoms with Crippen LogP contribution < -0.4 is 10.6 Å². The van der Waals surface area contributed by atoms with E-state index in [0.29, 0.717) is 5.69 Å². The first-order valence-corrected chi connectivity index (χ1v) is 8.31. The van der Waals surface area contributed by atoms with E-state index in [4.69, 9.17) is 5.73 Å². The van der Waals surface area contributed by atoms with E-state index in [-0.39, 0.29) is 4.90 Å². The molecule has 5 heteroatoms.